The Labute approximate surface area is 96.2 Å². The Kier molecular flexibility index (Phi) is 6.48. The molecule has 0 saturated carbocycles. The van der Waals surface area contributed by atoms with Crippen molar-refractivity contribution in [2.75, 3.05) is 34.2 Å². The van der Waals surface area contributed by atoms with Gasteiger partial charge in [-0.25, -0.2) is 4.79 Å². The van der Waals surface area contributed by atoms with Gasteiger partial charge in [0.2, 0.25) is 0 Å². The van der Waals surface area contributed by atoms with Gasteiger partial charge < -0.3 is 20.2 Å². The van der Waals surface area contributed by atoms with Crippen molar-refractivity contribution < 1.29 is 14.7 Å². The number of urea groups is 1. The Hall–Kier alpha value is -1.30. The van der Waals surface area contributed by atoms with Crippen LogP contribution in [0.2, 0.25) is 0 Å². The standard InChI is InChI=1S/C10H21N3O3/c1-8(12(2)3)7-11-10(16)13(4)6-5-9(14)15/h8H,5-7H2,1-4H3,(H,11,16)(H,14,15). The summed E-state index contributed by atoms with van der Waals surface area (Å²) >= 11 is 0. The molecule has 0 rings (SSSR count). The van der Waals surface area contributed by atoms with E-state index in [0.29, 0.717) is 6.54 Å². The van der Waals surface area contributed by atoms with Gasteiger partial charge in [-0.15, -0.1) is 0 Å². The summed E-state index contributed by atoms with van der Waals surface area (Å²) in [4.78, 5) is 25.2. The van der Waals surface area contributed by atoms with Gasteiger partial charge in [-0.1, -0.05) is 0 Å². The number of carbonyl (C=O) groups is 2. The van der Waals surface area contributed by atoms with Crippen LogP contribution in [0.15, 0.2) is 0 Å². The van der Waals surface area contributed by atoms with Crippen molar-refractivity contribution in [2.24, 2.45) is 0 Å². The summed E-state index contributed by atoms with van der Waals surface area (Å²) in [5, 5.41) is 11.2. The summed E-state index contributed by atoms with van der Waals surface area (Å²) in [6, 6.07) is 0.00627. The number of nitrogens with zero attached hydrogens (tertiary/aromatic N) is 2. The molecule has 0 spiro atoms. The third-order valence-corrected chi connectivity index (χ3v) is 2.44. The van der Waals surface area contributed by atoms with E-state index in [4.69, 9.17) is 5.11 Å². The van der Waals surface area contributed by atoms with E-state index >= 15 is 0 Å². The van der Waals surface area contributed by atoms with Gasteiger partial charge in [-0.3, -0.25) is 4.79 Å². The topological polar surface area (TPSA) is 72.9 Å². The van der Waals surface area contributed by atoms with E-state index in [9.17, 15) is 9.59 Å². The molecule has 1 atom stereocenters. The molecule has 0 heterocycles. The third-order valence-electron chi connectivity index (χ3n) is 2.44. The van der Waals surface area contributed by atoms with Gasteiger partial charge in [0.15, 0.2) is 0 Å². The van der Waals surface area contributed by atoms with Gasteiger partial charge in [0.05, 0.1) is 6.42 Å². The second-order valence-electron chi connectivity index (χ2n) is 4.06. The zero-order chi connectivity index (χ0) is 12.7. The molecule has 0 aromatic rings. The molecule has 1 unspecified atom stereocenters. The average Bonchev–Trinajstić information content (AvgIpc) is 2.21. The van der Waals surface area contributed by atoms with Gasteiger partial charge in [0.1, 0.15) is 0 Å². The number of nitrogens with one attached hydrogen (secondary N) is 1. The number of carbonyl (C=O) groups excluding carboxylic acids is 1. The predicted octanol–water partition coefficient (Wildman–Crippen LogP) is 0.0526. The molecule has 16 heavy (non-hydrogen) atoms. The molecule has 94 valence electrons. The molecule has 2 N–H and O–H groups in total. The van der Waals surface area contributed by atoms with Crippen LogP contribution in [0.1, 0.15) is 13.3 Å². The minimum atomic E-state index is -0.902. The van der Waals surface area contributed by atoms with Gasteiger partial charge in [-0.2, -0.15) is 0 Å². The molecule has 0 aliphatic carbocycles. The number of aliphatic carboxylic acids is 1. The third kappa shape index (κ3) is 6.23. The number of hydrogen-bond donors (Lipinski definition) is 2. The lowest BCUT2D eigenvalue weighted by Gasteiger charge is -2.22. The number of amides is 2. The van der Waals surface area contributed by atoms with Crippen molar-refractivity contribution in [2.45, 2.75) is 19.4 Å². The van der Waals surface area contributed by atoms with Crippen molar-refractivity contribution in [3.05, 3.63) is 0 Å². The monoisotopic (exact) mass is 231 g/mol. The molecule has 6 heteroatoms. The normalized spacial score (nSPS) is 12.3. The average molecular weight is 231 g/mol. The summed E-state index contributed by atoms with van der Waals surface area (Å²) in [6.45, 7) is 2.76. The van der Waals surface area contributed by atoms with Crippen LogP contribution < -0.4 is 5.32 Å². The summed E-state index contributed by atoms with van der Waals surface area (Å²) in [5.74, 6) is -0.902. The molecule has 0 radical (unpaired) electrons. The van der Waals surface area contributed by atoms with Crippen molar-refractivity contribution in [1.82, 2.24) is 15.1 Å². The van der Waals surface area contributed by atoms with Crippen LogP contribution in [0, 0.1) is 0 Å². The molecule has 2 amide bonds. The van der Waals surface area contributed by atoms with Crippen molar-refractivity contribution in [1.29, 1.82) is 0 Å². The fourth-order valence-electron chi connectivity index (χ4n) is 0.917. The van der Waals surface area contributed by atoms with Crippen LogP contribution >= 0.6 is 0 Å². The molecule has 0 aromatic carbocycles. The number of hydrogen-bond acceptors (Lipinski definition) is 3. The highest BCUT2D eigenvalue weighted by Crippen LogP contribution is 1.92. The molecule has 0 fully saturated rings. The number of carboxylic acids is 1. The Morgan fingerprint density at radius 2 is 1.88 bits per heavy atom. The molecular weight excluding hydrogens is 210 g/mol. The first-order valence-corrected chi connectivity index (χ1v) is 5.21. The van der Waals surface area contributed by atoms with E-state index in [1.54, 1.807) is 7.05 Å². The highest BCUT2D eigenvalue weighted by molar-refractivity contribution is 5.75. The van der Waals surface area contributed by atoms with Gasteiger partial charge in [0, 0.05) is 26.2 Å². The molecular formula is C10H21N3O3. The maximum atomic E-state index is 11.5. The molecule has 0 aliphatic rings. The highest BCUT2D eigenvalue weighted by atomic mass is 16.4. The van der Waals surface area contributed by atoms with E-state index in [0.717, 1.165) is 0 Å². The van der Waals surface area contributed by atoms with E-state index in [-0.39, 0.29) is 25.0 Å². The SMILES string of the molecule is CC(CNC(=O)N(C)CCC(=O)O)N(C)C. The maximum Gasteiger partial charge on any atom is 0.317 e. The van der Waals surface area contributed by atoms with Crippen LogP contribution in [0.25, 0.3) is 0 Å². The summed E-state index contributed by atoms with van der Waals surface area (Å²) in [6.07, 6.45) is -0.0346. The van der Waals surface area contributed by atoms with Gasteiger partial charge in [0.25, 0.3) is 0 Å². The Morgan fingerprint density at radius 3 is 2.31 bits per heavy atom. The fraction of sp³-hybridized carbons (Fsp3) is 0.800. The smallest absolute Gasteiger partial charge is 0.317 e. The van der Waals surface area contributed by atoms with Gasteiger partial charge >= 0.3 is 12.0 Å². The van der Waals surface area contributed by atoms with E-state index in [1.165, 1.54) is 4.90 Å². The van der Waals surface area contributed by atoms with E-state index in [2.05, 4.69) is 5.32 Å². The number of carboxylic acid groups (broad SMARTS) is 1. The van der Waals surface area contributed by atoms with Crippen LogP contribution in [0.5, 0.6) is 0 Å². The fourth-order valence-corrected chi connectivity index (χ4v) is 0.917. The molecule has 0 aromatic heterocycles. The molecule has 0 saturated heterocycles. The lowest BCUT2D eigenvalue weighted by Crippen LogP contribution is -2.44. The molecule has 6 nitrogen and oxygen atoms in total. The van der Waals surface area contributed by atoms with E-state index in [1.807, 2.05) is 25.9 Å². The first-order chi connectivity index (χ1) is 7.34. The Balaban J connectivity index is 3.83. The maximum absolute atomic E-state index is 11.5. The van der Waals surface area contributed by atoms with Crippen LogP contribution in [-0.2, 0) is 4.79 Å². The quantitative estimate of drug-likeness (QED) is 0.677. The summed E-state index contributed by atoms with van der Waals surface area (Å²) in [5.41, 5.74) is 0. The predicted molar refractivity (Wildman–Crippen MR) is 61.4 cm³/mol. The Morgan fingerprint density at radius 1 is 1.31 bits per heavy atom. The Bertz CT molecular complexity index is 243. The van der Waals surface area contributed by atoms with E-state index < -0.39 is 5.97 Å². The van der Waals surface area contributed by atoms with Crippen LogP contribution in [0.3, 0.4) is 0 Å². The van der Waals surface area contributed by atoms with Crippen LogP contribution in [0.4, 0.5) is 4.79 Å². The first kappa shape index (κ1) is 14.7. The second-order valence-corrected chi connectivity index (χ2v) is 4.06. The molecule has 0 bridgehead atoms. The largest absolute Gasteiger partial charge is 0.481 e. The number of likely N-dealkylation sites (N-methyl/N-ethyl adjacent to an activating group) is 1. The lowest BCUT2D eigenvalue weighted by molar-refractivity contribution is -0.137. The lowest BCUT2D eigenvalue weighted by atomic mass is 10.3. The highest BCUT2D eigenvalue weighted by Gasteiger charge is 2.11. The van der Waals surface area contributed by atoms with Crippen molar-refractivity contribution in [3.63, 3.8) is 0 Å². The second kappa shape index (κ2) is 7.05. The first-order valence-electron chi connectivity index (χ1n) is 5.21. The van der Waals surface area contributed by atoms with Crippen molar-refractivity contribution >= 4 is 12.0 Å². The van der Waals surface area contributed by atoms with Crippen molar-refractivity contribution in [3.8, 4) is 0 Å². The van der Waals surface area contributed by atoms with Gasteiger partial charge in [-0.05, 0) is 21.0 Å². The zero-order valence-corrected chi connectivity index (χ0v) is 10.4. The molecule has 0 aliphatic heterocycles. The summed E-state index contributed by atoms with van der Waals surface area (Å²) < 4.78 is 0. The van der Waals surface area contributed by atoms with Crippen LogP contribution in [-0.4, -0.2) is 67.2 Å². The minimum absolute atomic E-state index is 0.0346. The number of rotatable bonds is 6. The summed E-state index contributed by atoms with van der Waals surface area (Å²) in [7, 11) is 5.45. The zero-order valence-electron chi connectivity index (χ0n) is 10.4. The minimum Gasteiger partial charge on any atom is -0.481 e.